The van der Waals surface area contributed by atoms with Gasteiger partial charge in [0.1, 0.15) is 0 Å². The molecule has 2 aromatic carbocycles. The number of rotatable bonds is 4. The highest BCUT2D eigenvalue weighted by molar-refractivity contribution is 5.97. The largest absolute Gasteiger partial charge is 0.294 e. The molecule has 0 atom stereocenters. The molecule has 0 aliphatic rings. The van der Waals surface area contributed by atoms with Crippen LogP contribution in [0.4, 0.5) is 8.78 Å². The van der Waals surface area contributed by atoms with E-state index in [1.165, 1.54) is 12.1 Å². The van der Waals surface area contributed by atoms with Crippen molar-refractivity contribution in [2.24, 2.45) is 0 Å². The molecular formula is C16H14F2O. The zero-order valence-electron chi connectivity index (χ0n) is 10.6. The summed E-state index contributed by atoms with van der Waals surface area (Å²) in [7, 11) is 0. The van der Waals surface area contributed by atoms with Crippen molar-refractivity contribution >= 4 is 5.78 Å². The lowest BCUT2D eigenvalue weighted by molar-refractivity contribution is 0.0991. The highest BCUT2D eigenvalue weighted by Crippen LogP contribution is 2.15. The van der Waals surface area contributed by atoms with Crippen LogP contribution in [0.1, 0.15) is 28.4 Å². The zero-order chi connectivity index (χ0) is 13.8. The highest BCUT2D eigenvalue weighted by Gasteiger charge is 2.13. The van der Waals surface area contributed by atoms with Gasteiger partial charge in [0.15, 0.2) is 17.4 Å². The molecule has 3 heteroatoms. The molecule has 0 aliphatic heterocycles. The molecule has 2 rings (SSSR count). The second kappa shape index (κ2) is 5.74. The molecule has 0 N–H and O–H groups in total. The minimum absolute atomic E-state index is 0.0876. The van der Waals surface area contributed by atoms with Crippen molar-refractivity contribution in [3.8, 4) is 0 Å². The van der Waals surface area contributed by atoms with Crippen LogP contribution in [0.3, 0.4) is 0 Å². The summed E-state index contributed by atoms with van der Waals surface area (Å²) in [5.74, 6) is -2.08. The summed E-state index contributed by atoms with van der Waals surface area (Å²) in [4.78, 5) is 12.0. The van der Waals surface area contributed by atoms with Crippen LogP contribution in [0.2, 0.25) is 0 Å². The predicted octanol–water partition coefficient (Wildman–Crippen LogP) is 3.95. The molecule has 0 spiro atoms. The quantitative estimate of drug-likeness (QED) is 0.761. The van der Waals surface area contributed by atoms with Crippen LogP contribution in [-0.2, 0) is 12.8 Å². The van der Waals surface area contributed by atoms with E-state index in [2.05, 4.69) is 0 Å². The zero-order valence-corrected chi connectivity index (χ0v) is 10.6. The Morgan fingerprint density at radius 3 is 2.37 bits per heavy atom. The number of hydrogen-bond donors (Lipinski definition) is 0. The Morgan fingerprint density at radius 2 is 1.74 bits per heavy atom. The van der Waals surface area contributed by atoms with Crippen LogP contribution < -0.4 is 0 Å². The van der Waals surface area contributed by atoms with Gasteiger partial charge in [0.05, 0.1) is 0 Å². The molecule has 0 fully saturated rings. The molecule has 0 bridgehead atoms. The summed E-state index contributed by atoms with van der Waals surface area (Å²) in [5, 5.41) is 0. The summed E-state index contributed by atoms with van der Waals surface area (Å²) in [6, 6.07) is 11.1. The lowest BCUT2D eigenvalue weighted by Gasteiger charge is -2.04. The average Bonchev–Trinajstić information content (AvgIpc) is 2.44. The molecule has 2 aromatic rings. The van der Waals surface area contributed by atoms with Gasteiger partial charge in [-0.1, -0.05) is 43.3 Å². The minimum Gasteiger partial charge on any atom is -0.294 e. The van der Waals surface area contributed by atoms with Gasteiger partial charge in [0.2, 0.25) is 0 Å². The monoisotopic (exact) mass is 260 g/mol. The third-order valence-corrected chi connectivity index (χ3v) is 3.07. The Kier molecular flexibility index (Phi) is 4.05. The number of Topliss-reactive ketones (excluding diaryl/α,β-unsaturated/α-hetero) is 1. The first-order valence-corrected chi connectivity index (χ1v) is 6.17. The highest BCUT2D eigenvalue weighted by atomic mass is 19.2. The number of carbonyl (C=O) groups is 1. The van der Waals surface area contributed by atoms with E-state index in [-0.39, 0.29) is 17.8 Å². The first-order valence-electron chi connectivity index (χ1n) is 6.17. The molecule has 19 heavy (non-hydrogen) atoms. The van der Waals surface area contributed by atoms with Crippen molar-refractivity contribution in [1.29, 1.82) is 0 Å². The molecular weight excluding hydrogens is 246 g/mol. The predicted molar refractivity (Wildman–Crippen MR) is 70.2 cm³/mol. The molecule has 0 radical (unpaired) electrons. The second-order valence-corrected chi connectivity index (χ2v) is 4.36. The van der Waals surface area contributed by atoms with Crippen LogP contribution in [0.25, 0.3) is 0 Å². The van der Waals surface area contributed by atoms with Gasteiger partial charge >= 0.3 is 0 Å². The van der Waals surface area contributed by atoms with E-state index in [0.717, 1.165) is 18.1 Å². The molecule has 0 saturated heterocycles. The van der Waals surface area contributed by atoms with Crippen LogP contribution in [0.5, 0.6) is 0 Å². The molecule has 1 nitrogen and oxygen atoms in total. The van der Waals surface area contributed by atoms with Crippen molar-refractivity contribution in [3.63, 3.8) is 0 Å². The molecule has 0 saturated carbocycles. The summed E-state index contributed by atoms with van der Waals surface area (Å²) >= 11 is 0. The van der Waals surface area contributed by atoms with E-state index >= 15 is 0 Å². The Labute approximate surface area is 110 Å². The third-order valence-electron chi connectivity index (χ3n) is 3.07. The summed E-state index contributed by atoms with van der Waals surface area (Å²) in [5.41, 5.74) is 1.74. The van der Waals surface area contributed by atoms with Crippen molar-refractivity contribution in [1.82, 2.24) is 0 Å². The van der Waals surface area contributed by atoms with Crippen molar-refractivity contribution < 1.29 is 13.6 Å². The van der Waals surface area contributed by atoms with Gasteiger partial charge in [-0.25, -0.2) is 8.78 Å². The normalized spacial score (nSPS) is 10.5. The van der Waals surface area contributed by atoms with Crippen LogP contribution in [0.15, 0.2) is 42.5 Å². The first kappa shape index (κ1) is 13.4. The van der Waals surface area contributed by atoms with Crippen molar-refractivity contribution in [2.75, 3.05) is 0 Å². The fourth-order valence-electron chi connectivity index (χ4n) is 1.89. The standard InChI is InChI=1S/C16H14F2O/c1-2-11-6-8-12(9-7-11)15(19)10-13-4-3-5-14(17)16(13)18/h3-9H,2,10H2,1H3. The number of hydrogen-bond acceptors (Lipinski definition) is 1. The van der Waals surface area contributed by atoms with E-state index in [9.17, 15) is 13.6 Å². The van der Waals surface area contributed by atoms with Crippen LogP contribution in [0, 0.1) is 11.6 Å². The number of aryl methyl sites for hydroxylation is 1. The van der Waals surface area contributed by atoms with Gasteiger partial charge in [-0.3, -0.25) is 4.79 Å². The second-order valence-electron chi connectivity index (χ2n) is 4.36. The number of carbonyl (C=O) groups excluding carboxylic acids is 1. The van der Waals surface area contributed by atoms with Crippen molar-refractivity contribution in [3.05, 3.63) is 70.8 Å². The fraction of sp³-hybridized carbons (Fsp3) is 0.188. The van der Waals surface area contributed by atoms with Crippen LogP contribution in [-0.4, -0.2) is 5.78 Å². The number of ketones is 1. The van der Waals surface area contributed by atoms with E-state index in [0.29, 0.717) is 5.56 Å². The number of halogens is 2. The molecule has 98 valence electrons. The van der Waals surface area contributed by atoms with Gasteiger partial charge < -0.3 is 0 Å². The van der Waals surface area contributed by atoms with Crippen molar-refractivity contribution in [2.45, 2.75) is 19.8 Å². The lowest BCUT2D eigenvalue weighted by atomic mass is 10.0. The maximum absolute atomic E-state index is 13.5. The topological polar surface area (TPSA) is 17.1 Å². The van der Waals surface area contributed by atoms with Gasteiger partial charge in [-0.2, -0.15) is 0 Å². The first-order chi connectivity index (χ1) is 9.11. The summed E-state index contributed by atoms with van der Waals surface area (Å²) in [6.07, 6.45) is 0.766. The SMILES string of the molecule is CCc1ccc(C(=O)Cc2cccc(F)c2F)cc1. The average molecular weight is 260 g/mol. The van der Waals surface area contributed by atoms with Gasteiger partial charge in [-0.15, -0.1) is 0 Å². The Balaban J connectivity index is 2.18. The van der Waals surface area contributed by atoms with E-state index in [4.69, 9.17) is 0 Å². The van der Waals surface area contributed by atoms with E-state index < -0.39 is 11.6 Å². The van der Waals surface area contributed by atoms with E-state index in [1.807, 2.05) is 19.1 Å². The summed E-state index contributed by atoms with van der Waals surface area (Å²) in [6.45, 7) is 2.03. The molecule has 0 aromatic heterocycles. The Bertz CT molecular complexity index is 588. The summed E-state index contributed by atoms with van der Waals surface area (Å²) < 4.78 is 26.5. The molecule has 0 amide bonds. The fourth-order valence-corrected chi connectivity index (χ4v) is 1.89. The molecule has 0 aliphatic carbocycles. The van der Waals surface area contributed by atoms with Gasteiger partial charge in [0.25, 0.3) is 0 Å². The Morgan fingerprint density at radius 1 is 1.05 bits per heavy atom. The Hall–Kier alpha value is -2.03. The smallest absolute Gasteiger partial charge is 0.167 e. The molecule has 0 unspecified atom stereocenters. The maximum Gasteiger partial charge on any atom is 0.167 e. The van der Waals surface area contributed by atoms with Gasteiger partial charge in [0, 0.05) is 12.0 Å². The van der Waals surface area contributed by atoms with Crippen LogP contribution >= 0.6 is 0 Å². The lowest BCUT2D eigenvalue weighted by Crippen LogP contribution is -2.06. The minimum atomic E-state index is -0.943. The maximum atomic E-state index is 13.5. The van der Waals surface area contributed by atoms with Gasteiger partial charge in [-0.05, 0) is 23.6 Å². The van der Waals surface area contributed by atoms with E-state index in [1.54, 1.807) is 12.1 Å². The number of benzene rings is 2. The third kappa shape index (κ3) is 3.05. The molecule has 0 heterocycles.